The molecular weight excluding hydrogens is 442 g/mol. The van der Waals surface area contributed by atoms with Gasteiger partial charge in [0.15, 0.2) is 6.10 Å². The maximum Gasteiger partial charge on any atom is 0.265 e. The molecule has 1 heterocycles. The number of halogens is 1. The molecule has 10 heteroatoms. The van der Waals surface area contributed by atoms with Crippen molar-refractivity contribution in [2.45, 2.75) is 38.7 Å². The lowest BCUT2D eigenvalue weighted by molar-refractivity contribution is -0.122. The van der Waals surface area contributed by atoms with E-state index in [0.29, 0.717) is 27.7 Å². The van der Waals surface area contributed by atoms with Crippen molar-refractivity contribution in [2.24, 2.45) is 0 Å². The van der Waals surface area contributed by atoms with Crippen molar-refractivity contribution >= 4 is 39.1 Å². The molecule has 0 spiro atoms. The highest BCUT2D eigenvalue weighted by molar-refractivity contribution is 7.92. The van der Waals surface area contributed by atoms with E-state index in [1.54, 1.807) is 39.0 Å². The van der Waals surface area contributed by atoms with Gasteiger partial charge in [-0.05, 0) is 75.7 Å². The molecule has 1 aromatic heterocycles. The molecule has 1 amide bonds. The zero-order valence-electron chi connectivity index (χ0n) is 17.4. The molecule has 31 heavy (non-hydrogen) atoms. The second-order valence-corrected chi connectivity index (χ2v) is 9.13. The molecule has 0 radical (unpaired) electrons. The van der Waals surface area contributed by atoms with Gasteiger partial charge in [-0.3, -0.25) is 4.79 Å². The Hall–Kier alpha value is -3.04. The summed E-state index contributed by atoms with van der Waals surface area (Å²) in [6.07, 6.45) is -0.775. The maximum atomic E-state index is 12.5. The Labute approximate surface area is 185 Å². The van der Waals surface area contributed by atoms with Crippen LogP contribution in [-0.4, -0.2) is 25.6 Å². The molecular formula is C21H22ClN3O5S. The van der Waals surface area contributed by atoms with Crippen molar-refractivity contribution in [1.29, 1.82) is 0 Å². The molecule has 0 saturated heterocycles. The van der Waals surface area contributed by atoms with Crippen molar-refractivity contribution in [2.75, 3.05) is 10.0 Å². The summed E-state index contributed by atoms with van der Waals surface area (Å²) in [6.45, 7) is 6.87. The van der Waals surface area contributed by atoms with Gasteiger partial charge in [0.25, 0.3) is 15.9 Å². The smallest absolute Gasteiger partial charge is 0.265 e. The minimum atomic E-state index is -3.86. The summed E-state index contributed by atoms with van der Waals surface area (Å²) in [4.78, 5) is 12.5. The molecule has 2 aromatic carbocycles. The van der Waals surface area contributed by atoms with Crippen LogP contribution in [0, 0.1) is 20.8 Å². The first kappa shape index (κ1) is 22.6. The fourth-order valence-corrected chi connectivity index (χ4v) is 3.92. The first-order valence-electron chi connectivity index (χ1n) is 9.36. The summed E-state index contributed by atoms with van der Waals surface area (Å²) in [5, 5.41) is 7.01. The predicted molar refractivity (Wildman–Crippen MR) is 118 cm³/mol. The van der Waals surface area contributed by atoms with E-state index in [-0.39, 0.29) is 16.7 Å². The third-order valence-electron chi connectivity index (χ3n) is 4.63. The number of carbonyl (C=O) groups excluding carboxylic acids is 1. The van der Waals surface area contributed by atoms with Crippen molar-refractivity contribution in [1.82, 2.24) is 5.16 Å². The Bertz CT molecular complexity index is 1210. The molecule has 164 valence electrons. The van der Waals surface area contributed by atoms with Gasteiger partial charge in [-0.25, -0.2) is 13.1 Å². The molecule has 0 aliphatic rings. The first-order valence-corrected chi connectivity index (χ1v) is 11.2. The summed E-state index contributed by atoms with van der Waals surface area (Å²) in [6, 6.07) is 10.9. The van der Waals surface area contributed by atoms with Gasteiger partial charge >= 0.3 is 0 Å². The van der Waals surface area contributed by atoms with Gasteiger partial charge in [0.2, 0.25) is 5.88 Å². The van der Waals surface area contributed by atoms with Crippen LogP contribution in [0.4, 0.5) is 11.6 Å². The molecule has 0 fully saturated rings. The number of amides is 1. The summed E-state index contributed by atoms with van der Waals surface area (Å²) in [5.74, 6) is 0.242. The van der Waals surface area contributed by atoms with Crippen LogP contribution in [0.1, 0.15) is 23.7 Å². The van der Waals surface area contributed by atoms with E-state index in [1.807, 2.05) is 6.92 Å². The average molecular weight is 464 g/mol. The van der Waals surface area contributed by atoms with Crippen LogP contribution < -0.4 is 14.8 Å². The zero-order valence-corrected chi connectivity index (χ0v) is 19.0. The summed E-state index contributed by atoms with van der Waals surface area (Å²) in [5.41, 5.74) is 2.45. The molecule has 0 aliphatic carbocycles. The van der Waals surface area contributed by atoms with Crippen LogP contribution in [0.15, 0.2) is 51.9 Å². The van der Waals surface area contributed by atoms with E-state index in [2.05, 4.69) is 15.2 Å². The molecule has 1 unspecified atom stereocenters. The van der Waals surface area contributed by atoms with Gasteiger partial charge in [-0.1, -0.05) is 16.8 Å². The highest BCUT2D eigenvalue weighted by atomic mass is 35.5. The van der Waals surface area contributed by atoms with E-state index >= 15 is 0 Å². The molecule has 8 nitrogen and oxygen atoms in total. The van der Waals surface area contributed by atoms with Gasteiger partial charge in [0.05, 0.1) is 10.6 Å². The largest absolute Gasteiger partial charge is 0.481 e. The second-order valence-electron chi connectivity index (χ2n) is 7.01. The number of hydrogen-bond donors (Lipinski definition) is 2. The summed E-state index contributed by atoms with van der Waals surface area (Å²) < 4.78 is 38.2. The number of carbonyl (C=O) groups is 1. The third kappa shape index (κ3) is 5.36. The van der Waals surface area contributed by atoms with Gasteiger partial charge in [-0.15, -0.1) is 0 Å². The number of benzene rings is 2. The van der Waals surface area contributed by atoms with E-state index in [0.717, 1.165) is 5.56 Å². The molecule has 3 rings (SSSR count). The summed E-state index contributed by atoms with van der Waals surface area (Å²) >= 11 is 5.93. The number of aryl methyl sites for hydroxylation is 2. The van der Waals surface area contributed by atoms with E-state index in [9.17, 15) is 13.2 Å². The molecule has 2 N–H and O–H groups in total. The van der Waals surface area contributed by atoms with Crippen LogP contribution in [0.2, 0.25) is 5.02 Å². The SMILES string of the molecule is Cc1cc(Cl)ccc1OC(C)C(=O)Nc1ccc(S(=O)(=O)Nc2onc(C)c2C)cc1. The van der Waals surface area contributed by atoms with Gasteiger partial charge in [-0.2, -0.15) is 0 Å². The van der Waals surface area contributed by atoms with E-state index < -0.39 is 16.1 Å². The maximum absolute atomic E-state index is 12.5. The van der Waals surface area contributed by atoms with Crippen LogP contribution in [0.5, 0.6) is 5.75 Å². The zero-order chi connectivity index (χ0) is 22.8. The first-order chi connectivity index (χ1) is 14.6. The number of ether oxygens (including phenoxy) is 1. The lowest BCUT2D eigenvalue weighted by atomic mass is 10.2. The summed E-state index contributed by atoms with van der Waals surface area (Å²) in [7, 11) is -3.86. The van der Waals surface area contributed by atoms with E-state index in [4.69, 9.17) is 20.9 Å². The lowest BCUT2D eigenvalue weighted by Gasteiger charge is -2.16. The molecule has 3 aromatic rings. The number of rotatable bonds is 7. The molecule has 0 bridgehead atoms. The Kier molecular flexibility index (Phi) is 6.56. The van der Waals surface area contributed by atoms with Crippen LogP contribution in [0.25, 0.3) is 0 Å². The number of aromatic nitrogens is 1. The highest BCUT2D eigenvalue weighted by Crippen LogP contribution is 2.24. The molecule has 0 saturated carbocycles. The Morgan fingerprint density at radius 1 is 1.13 bits per heavy atom. The quantitative estimate of drug-likeness (QED) is 0.535. The fourth-order valence-electron chi connectivity index (χ4n) is 2.64. The number of hydrogen-bond acceptors (Lipinski definition) is 6. The van der Waals surface area contributed by atoms with Crippen molar-refractivity contribution in [3.05, 3.63) is 64.3 Å². The molecule has 0 aliphatic heterocycles. The number of anilines is 2. The molecule has 1 atom stereocenters. The van der Waals surface area contributed by atoms with Crippen LogP contribution >= 0.6 is 11.6 Å². The van der Waals surface area contributed by atoms with Gasteiger partial charge < -0.3 is 14.6 Å². The number of nitrogens with one attached hydrogen (secondary N) is 2. The highest BCUT2D eigenvalue weighted by Gasteiger charge is 2.20. The van der Waals surface area contributed by atoms with E-state index in [1.165, 1.54) is 24.3 Å². The topological polar surface area (TPSA) is 111 Å². The Balaban J connectivity index is 1.65. The van der Waals surface area contributed by atoms with Crippen molar-refractivity contribution < 1.29 is 22.5 Å². The Morgan fingerprint density at radius 3 is 2.39 bits per heavy atom. The van der Waals surface area contributed by atoms with Crippen LogP contribution in [0.3, 0.4) is 0 Å². The Morgan fingerprint density at radius 2 is 1.81 bits per heavy atom. The number of nitrogens with zero attached hydrogens (tertiary/aromatic N) is 1. The number of sulfonamides is 1. The fraction of sp³-hybridized carbons (Fsp3) is 0.238. The average Bonchev–Trinajstić information content (AvgIpc) is 3.02. The monoisotopic (exact) mass is 463 g/mol. The standard InChI is InChI=1S/C21H22ClN3O5S/c1-12-11-16(22)5-10-19(12)29-15(4)20(26)23-17-6-8-18(9-7-17)31(27,28)25-21-13(2)14(3)24-30-21/h5-11,15,25H,1-4H3,(H,23,26). The second kappa shape index (κ2) is 8.99. The van der Waals surface area contributed by atoms with Gasteiger partial charge in [0, 0.05) is 16.3 Å². The predicted octanol–water partition coefficient (Wildman–Crippen LogP) is 4.46. The van der Waals surface area contributed by atoms with Crippen LogP contribution in [-0.2, 0) is 14.8 Å². The minimum Gasteiger partial charge on any atom is -0.481 e. The lowest BCUT2D eigenvalue weighted by Crippen LogP contribution is -2.30. The van der Waals surface area contributed by atoms with Gasteiger partial charge in [0.1, 0.15) is 5.75 Å². The minimum absolute atomic E-state index is 0.0139. The van der Waals surface area contributed by atoms with Crippen molar-refractivity contribution in [3.8, 4) is 5.75 Å². The van der Waals surface area contributed by atoms with Crippen molar-refractivity contribution in [3.63, 3.8) is 0 Å². The third-order valence-corrected chi connectivity index (χ3v) is 6.21. The normalized spacial score (nSPS) is 12.3.